The van der Waals surface area contributed by atoms with Gasteiger partial charge in [-0.25, -0.2) is 8.42 Å². The highest BCUT2D eigenvalue weighted by Crippen LogP contribution is 2.37. The molecule has 0 saturated carbocycles. The van der Waals surface area contributed by atoms with Crippen molar-refractivity contribution in [3.05, 3.63) is 41.7 Å². The number of pyridine rings is 1. The van der Waals surface area contributed by atoms with E-state index >= 15 is 0 Å². The second-order valence-electron chi connectivity index (χ2n) is 7.25. The molecule has 4 rings (SSSR count). The number of nitrogens with zero attached hydrogens (tertiary/aromatic N) is 3. The number of carbonyl (C=O) groups excluding carboxylic acids is 1. The normalized spacial score (nSPS) is 17.7. The molecular formula is C20H23ClN4O5S. The largest absolute Gasteiger partial charge is 0.490 e. The average molecular weight is 467 g/mol. The van der Waals surface area contributed by atoms with Gasteiger partial charge >= 0.3 is 0 Å². The van der Waals surface area contributed by atoms with Crippen LogP contribution < -0.4 is 14.8 Å². The topological polar surface area (TPSA) is 101 Å². The monoisotopic (exact) mass is 466 g/mol. The van der Waals surface area contributed by atoms with Crippen LogP contribution in [0, 0.1) is 0 Å². The molecule has 11 heteroatoms. The van der Waals surface area contributed by atoms with Crippen molar-refractivity contribution >= 4 is 33.2 Å². The summed E-state index contributed by atoms with van der Waals surface area (Å²) >= 11 is 6.29. The van der Waals surface area contributed by atoms with E-state index in [0.29, 0.717) is 61.6 Å². The molecule has 1 saturated heterocycles. The van der Waals surface area contributed by atoms with E-state index < -0.39 is 10.0 Å². The van der Waals surface area contributed by atoms with Crippen molar-refractivity contribution in [3.63, 3.8) is 0 Å². The molecule has 1 amide bonds. The quantitative estimate of drug-likeness (QED) is 0.717. The Hall–Kier alpha value is -2.40. The standard InChI is InChI=1S/C20H23ClN4O5S/c21-16-11-18-19(30-10-2-9-29-18)12-17(16)23-20(26)14-24-5-7-25(8-6-24)31(27,28)15-3-1-4-22-13-15/h1,3-4,11-13H,2,5-10,14H2,(H,23,26). The first kappa shape index (κ1) is 21.8. The van der Waals surface area contributed by atoms with Gasteiger partial charge in [-0.05, 0) is 12.1 Å². The lowest BCUT2D eigenvalue weighted by Gasteiger charge is -2.33. The molecule has 166 valence electrons. The molecule has 2 aliphatic heterocycles. The van der Waals surface area contributed by atoms with Crippen LogP contribution in [0.25, 0.3) is 0 Å². The maximum Gasteiger partial charge on any atom is 0.244 e. The molecule has 9 nitrogen and oxygen atoms in total. The van der Waals surface area contributed by atoms with Crippen LogP contribution >= 0.6 is 11.6 Å². The highest BCUT2D eigenvalue weighted by Gasteiger charge is 2.29. The van der Waals surface area contributed by atoms with Crippen LogP contribution in [0.4, 0.5) is 5.69 Å². The number of benzene rings is 1. The van der Waals surface area contributed by atoms with E-state index in [-0.39, 0.29) is 17.3 Å². The van der Waals surface area contributed by atoms with Gasteiger partial charge in [-0.1, -0.05) is 11.6 Å². The van der Waals surface area contributed by atoms with Crippen molar-refractivity contribution in [1.29, 1.82) is 0 Å². The summed E-state index contributed by atoms with van der Waals surface area (Å²) in [5, 5.41) is 3.17. The Kier molecular flexibility index (Phi) is 6.61. The van der Waals surface area contributed by atoms with E-state index in [9.17, 15) is 13.2 Å². The zero-order valence-electron chi connectivity index (χ0n) is 16.8. The molecule has 1 aromatic heterocycles. The fourth-order valence-electron chi connectivity index (χ4n) is 3.45. The van der Waals surface area contributed by atoms with E-state index in [1.807, 2.05) is 4.90 Å². The zero-order chi connectivity index (χ0) is 21.8. The van der Waals surface area contributed by atoms with Crippen LogP contribution in [0.1, 0.15) is 6.42 Å². The van der Waals surface area contributed by atoms with Gasteiger partial charge in [0.1, 0.15) is 4.90 Å². The predicted molar refractivity (Wildman–Crippen MR) is 115 cm³/mol. The maximum absolute atomic E-state index is 12.7. The molecule has 0 unspecified atom stereocenters. The predicted octanol–water partition coefficient (Wildman–Crippen LogP) is 1.84. The molecule has 1 fully saturated rings. The summed E-state index contributed by atoms with van der Waals surface area (Å²) in [4.78, 5) is 18.5. The number of hydrogen-bond donors (Lipinski definition) is 1. The minimum Gasteiger partial charge on any atom is -0.490 e. The third-order valence-corrected chi connectivity index (χ3v) is 7.28. The van der Waals surface area contributed by atoms with Gasteiger partial charge in [-0.15, -0.1) is 0 Å². The molecule has 2 aromatic rings. The van der Waals surface area contributed by atoms with Gasteiger partial charge in [-0.2, -0.15) is 4.31 Å². The number of piperazine rings is 1. The van der Waals surface area contributed by atoms with Gasteiger partial charge in [0.25, 0.3) is 0 Å². The average Bonchev–Trinajstić information content (AvgIpc) is 3.00. The van der Waals surface area contributed by atoms with Crippen LogP contribution in [0.2, 0.25) is 5.02 Å². The van der Waals surface area contributed by atoms with Crippen molar-refractivity contribution in [2.24, 2.45) is 0 Å². The second kappa shape index (κ2) is 9.39. The summed E-state index contributed by atoms with van der Waals surface area (Å²) in [5.74, 6) is 0.873. The zero-order valence-corrected chi connectivity index (χ0v) is 18.4. The van der Waals surface area contributed by atoms with E-state index in [0.717, 1.165) is 6.42 Å². The Balaban J connectivity index is 1.33. The fraction of sp³-hybridized carbons (Fsp3) is 0.400. The van der Waals surface area contributed by atoms with Crippen LogP contribution in [0.15, 0.2) is 41.6 Å². The van der Waals surface area contributed by atoms with Gasteiger partial charge in [0.2, 0.25) is 15.9 Å². The Morgan fingerprint density at radius 2 is 1.84 bits per heavy atom. The van der Waals surface area contributed by atoms with Gasteiger partial charge in [0.15, 0.2) is 11.5 Å². The van der Waals surface area contributed by atoms with Gasteiger partial charge < -0.3 is 14.8 Å². The number of anilines is 1. The number of aromatic nitrogens is 1. The molecule has 1 N–H and O–H groups in total. The molecule has 0 bridgehead atoms. The lowest BCUT2D eigenvalue weighted by Crippen LogP contribution is -2.50. The molecular weight excluding hydrogens is 444 g/mol. The van der Waals surface area contributed by atoms with Crippen molar-refractivity contribution in [2.75, 3.05) is 51.3 Å². The number of carbonyl (C=O) groups is 1. The summed E-state index contributed by atoms with van der Waals surface area (Å²) in [6, 6.07) is 6.43. The lowest BCUT2D eigenvalue weighted by atomic mass is 10.2. The van der Waals surface area contributed by atoms with Crippen molar-refractivity contribution < 1.29 is 22.7 Å². The number of hydrogen-bond acceptors (Lipinski definition) is 7. The fourth-order valence-corrected chi connectivity index (χ4v) is 5.04. The highest BCUT2D eigenvalue weighted by atomic mass is 35.5. The minimum atomic E-state index is -3.58. The summed E-state index contributed by atoms with van der Waals surface area (Å²) < 4.78 is 38.0. The summed E-state index contributed by atoms with van der Waals surface area (Å²) in [6.07, 6.45) is 3.65. The summed E-state index contributed by atoms with van der Waals surface area (Å²) in [7, 11) is -3.58. The Morgan fingerprint density at radius 1 is 1.13 bits per heavy atom. The maximum atomic E-state index is 12.7. The SMILES string of the molecule is O=C(CN1CCN(S(=O)(=O)c2cccnc2)CC1)Nc1cc2c(cc1Cl)OCCCO2. The Morgan fingerprint density at radius 3 is 2.52 bits per heavy atom. The van der Waals surface area contributed by atoms with E-state index in [2.05, 4.69) is 10.3 Å². The van der Waals surface area contributed by atoms with Crippen molar-refractivity contribution in [3.8, 4) is 11.5 Å². The summed E-state index contributed by atoms with van der Waals surface area (Å²) in [6.45, 7) is 2.71. The molecule has 0 atom stereocenters. The number of ether oxygens (including phenoxy) is 2. The number of nitrogens with one attached hydrogen (secondary N) is 1. The lowest BCUT2D eigenvalue weighted by molar-refractivity contribution is -0.117. The van der Waals surface area contributed by atoms with Crippen molar-refractivity contribution in [1.82, 2.24) is 14.2 Å². The molecule has 0 aliphatic carbocycles. The Bertz CT molecular complexity index is 1040. The van der Waals surface area contributed by atoms with Crippen LogP contribution in [0.5, 0.6) is 11.5 Å². The molecule has 3 heterocycles. The van der Waals surface area contributed by atoms with E-state index in [4.69, 9.17) is 21.1 Å². The van der Waals surface area contributed by atoms with Gasteiger partial charge in [-0.3, -0.25) is 14.7 Å². The Labute approximate surface area is 186 Å². The van der Waals surface area contributed by atoms with E-state index in [1.54, 1.807) is 18.2 Å². The first-order valence-electron chi connectivity index (χ1n) is 9.95. The summed E-state index contributed by atoms with van der Waals surface area (Å²) in [5.41, 5.74) is 0.453. The highest BCUT2D eigenvalue weighted by molar-refractivity contribution is 7.89. The van der Waals surface area contributed by atoms with Crippen LogP contribution in [-0.2, 0) is 14.8 Å². The second-order valence-corrected chi connectivity index (χ2v) is 9.59. The smallest absolute Gasteiger partial charge is 0.244 e. The third kappa shape index (κ3) is 5.09. The number of rotatable bonds is 5. The first-order chi connectivity index (χ1) is 14.9. The molecule has 1 aromatic carbocycles. The number of halogens is 1. The number of amides is 1. The minimum absolute atomic E-state index is 0.131. The van der Waals surface area contributed by atoms with Crippen LogP contribution in [-0.4, -0.2) is 74.5 Å². The van der Waals surface area contributed by atoms with Gasteiger partial charge in [0.05, 0.1) is 30.5 Å². The molecule has 0 spiro atoms. The van der Waals surface area contributed by atoms with Gasteiger partial charge in [0, 0.05) is 57.1 Å². The molecule has 31 heavy (non-hydrogen) atoms. The van der Waals surface area contributed by atoms with Crippen LogP contribution in [0.3, 0.4) is 0 Å². The number of sulfonamides is 1. The third-order valence-electron chi connectivity index (χ3n) is 5.08. The molecule has 2 aliphatic rings. The van der Waals surface area contributed by atoms with E-state index in [1.165, 1.54) is 22.8 Å². The first-order valence-corrected chi connectivity index (χ1v) is 11.8. The number of fused-ring (bicyclic) bond motifs is 1. The van der Waals surface area contributed by atoms with Crippen molar-refractivity contribution in [2.45, 2.75) is 11.3 Å². The molecule has 0 radical (unpaired) electrons.